The number of piperidine rings is 1. The highest BCUT2D eigenvalue weighted by molar-refractivity contribution is 6.31. The van der Waals surface area contributed by atoms with Crippen LogP contribution in [0.4, 0.5) is 24.8 Å². The number of nitrogens with zero attached hydrogens (tertiary/aromatic N) is 3. The van der Waals surface area contributed by atoms with Gasteiger partial charge in [-0.15, -0.1) is 0 Å². The van der Waals surface area contributed by atoms with E-state index in [1.54, 1.807) is 7.11 Å². The molecule has 1 fully saturated rings. The molecule has 0 aliphatic carbocycles. The lowest BCUT2D eigenvalue weighted by molar-refractivity contribution is -0.933. The second kappa shape index (κ2) is 16.3. The number of methoxy groups -OCH3 is 2. The Morgan fingerprint density at radius 2 is 1.64 bits per heavy atom. The molecule has 2 aromatic carbocycles. The Hall–Kier alpha value is -4.10. The summed E-state index contributed by atoms with van der Waals surface area (Å²) in [5, 5.41) is 3.13. The first-order valence-corrected chi connectivity index (χ1v) is 14.8. The number of halogens is 4. The summed E-state index contributed by atoms with van der Waals surface area (Å²) < 4.78 is 42.5. The van der Waals surface area contributed by atoms with Crippen molar-refractivity contribution in [1.82, 2.24) is 15.3 Å². The van der Waals surface area contributed by atoms with Gasteiger partial charge in [0, 0.05) is 12.8 Å². The predicted molar refractivity (Wildman–Crippen MR) is 166 cm³/mol. The monoisotopic (exact) mass is 651 g/mol. The Kier molecular flexibility index (Phi) is 12.8. The van der Waals surface area contributed by atoms with Crippen LogP contribution in [0.25, 0.3) is 0 Å². The van der Waals surface area contributed by atoms with E-state index < -0.39 is 12.1 Å². The number of ether oxygens (including phenoxy) is 2. The third-order valence-electron chi connectivity index (χ3n) is 7.64. The van der Waals surface area contributed by atoms with Crippen molar-refractivity contribution in [3.63, 3.8) is 0 Å². The van der Waals surface area contributed by atoms with Crippen molar-refractivity contribution in [2.24, 2.45) is 0 Å². The van der Waals surface area contributed by atoms with Crippen LogP contribution in [0.1, 0.15) is 40.9 Å². The molecule has 10 nitrogen and oxygen atoms in total. The smallest absolute Gasteiger partial charge is 0.490 e. The van der Waals surface area contributed by atoms with E-state index in [9.17, 15) is 22.8 Å². The third-order valence-corrected chi connectivity index (χ3v) is 7.92. The van der Waals surface area contributed by atoms with Gasteiger partial charge in [-0.1, -0.05) is 54.1 Å². The van der Waals surface area contributed by atoms with Crippen LogP contribution in [0.5, 0.6) is 5.75 Å². The summed E-state index contributed by atoms with van der Waals surface area (Å²) in [5.74, 6) is -1.66. The second-order valence-corrected chi connectivity index (χ2v) is 11.2. The van der Waals surface area contributed by atoms with Crippen LogP contribution in [-0.2, 0) is 22.4 Å². The summed E-state index contributed by atoms with van der Waals surface area (Å²) >= 11 is 6.00. The average Bonchev–Trinajstić information content (AvgIpc) is 3.02. The number of likely N-dealkylation sites (tertiary alicyclic amines) is 1. The molecular formula is C31H39ClF3N6O4+. The normalized spacial score (nSPS) is 17.9. The molecule has 1 aliphatic rings. The summed E-state index contributed by atoms with van der Waals surface area (Å²) in [5.41, 5.74) is 14.2. The van der Waals surface area contributed by atoms with Gasteiger partial charge in [-0.05, 0) is 42.5 Å². The standard InChI is InChI=1S/C28H35ClN6O2.C3H3F3O2/c1-37-23-13-11-21(12-14-23)9-5-16-35(18-15-20-7-3-2-4-8-20)17-6-10-22(19-35)32-28(36)24-26(30)34-27(31)25(29)33-24;1-8-2(7)3(4,5)6/h2-4,7-8,11-14,22H,5-6,9-10,15-19H2,1H3,(H4-,30,31,32,34,36);1H3/p+1. The number of carbonyl (C=O) groups excluding carboxylic acids is 2. The minimum Gasteiger partial charge on any atom is -0.497 e. The molecule has 1 amide bonds. The predicted octanol–water partition coefficient (Wildman–Crippen LogP) is 4.61. The van der Waals surface area contributed by atoms with Crippen molar-refractivity contribution in [3.05, 3.63) is 76.6 Å². The number of nitrogens with two attached hydrogens (primary N) is 2. The van der Waals surface area contributed by atoms with Gasteiger partial charge in [0.2, 0.25) is 0 Å². The van der Waals surface area contributed by atoms with Gasteiger partial charge in [0.15, 0.2) is 22.5 Å². The van der Waals surface area contributed by atoms with Gasteiger partial charge in [0.1, 0.15) is 5.75 Å². The van der Waals surface area contributed by atoms with Crippen molar-refractivity contribution in [1.29, 1.82) is 0 Å². The van der Waals surface area contributed by atoms with E-state index in [1.165, 1.54) is 11.1 Å². The molecule has 2 heterocycles. The number of anilines is 2. The number of hydrogen-bond donors (Lipinski definition) is 3. The topological polar surface area (TPSA) is 142 Å². The fraction of sp³-hybridized carbons (Fsp3) is 0.419. The number of esters is 1. The molecule has 0 saturated carbocycles. The highest BCUT2D eigenvalue weighted by Gasteiger charge is 2.40. The van der Waals surface area contributed by atoms with Gasteiger partial charge in [-0.3, -0.25) is 4.79 Å². The Bertz CT molecular complexity index is 1410. The van der Waals surface area contributed by atoms with E-state index in [2.05, 4.69) is 56.4 Å². The summed E-state index contributed by atoms with van der Waals surface area (Å²) in [7, 11) is 2.36. The van der Waals surface area contributed by atoms with Crippen molar-refractivity contribution in [2.45, 2.75) is 44.3 Å². The molecule has 3 aromatic rings. The fourth-order valence-corrected chi connectivity index (χ4v) is 5.49. The molecular weight excluding hydrogens is 613 g/mol. The van der Waals surface area contributed by atoms with Gasteiger partial charge in [-0.2, -0.15) is 13.2 Å². The van der Waals surface area contributed by atoms with Crippen LogP contribution in [0, 0.1) is 0 Å². The molecule has 1 aromatic heterocycles. The van der Waals surface area contributed by atoms with Gasteiger partial charge < -0.3 is 30.7 Å². The second-order valence-electron chi connectivity index (χ2n) is 10.8. The molecule has 5 N–H and O–H groups in total. The zero-order valence-electron chi connectivity index (χ0n) is 25.3. The summed E-state index contributed by atoms with van der Waals surface area (Å²) in [6, 6.07) is 18.9. The zero-order valence-corrected chi connectivity index (χ0v) is 26.0. The lowest BCUT2D eigenvalue weighted by Crippen LogP contribution is -2.60. The van der Waals surface area contributed by atoms with Gasteiger partial charge in [-0.25, -0.2) is 14.8 Å². The molecule has 45 heavy (non-hydrogen) atoms. The highest BCUT2D eigenvalue weighted by atomic mass is 35.5. The van der Waals surface area contributed by atoms with Crippen LogP contribution >= 0.6 is 11.6 Å². The highest BCUT2D eigenvalue weighted by Crippen LogP contribution is 2.24. The largest absolute Gasteiger partial charge is 0.497 e. The molecule has 2 atom stereocenters. The van der Waals surface area contributed by atoms with Crippen molar-refractivity contribution >= 4 is 35.1 Å². The first kappa shape index (κ1) is 35.4. The van der Waals surface area contributed by atoms with Crippen molar-refractivity contribution < 1.29 is 36.7 Å². The van der Waals surface area contributed by atoms with Gasteiger partial charge >= 0.3 is 12.1 Å². The first-order valence-electron chi connectivity index (χ1n) is 14.4. The maximum absolute atomic E-state index is 13.0. The van der Waals surface area contributed by atoms with E-state index in [4.69, 9.17) is 27.8 Å². The molecule has 0 radical (unpaired) electrons. The quantitative estimate of drug-likeness (QED) is 0.213. The van der Waals surface area contributed by atoms with Crippen LogP contribution < -0.4 is 21.5 Å². The average molecular weight is 652 g/mol. The number of alkyl halides is 3. The summed E-state index contributed by atoms with van der Waals surface area (Å²) in [6.45, 7) is 4.02. The number of hydrogen-bond acceptors (Lipinski definition) is 8. The number of nitrogens with one attached hydrogen (secondary N) is 1. The number of amides is 1. The molecule has 1 saturated heterocycles. The van der Waals surface area contributed by atoms with Crippen LogP contribution in [0.3, 0.4) is 0 Å². The zero-order chi connectivity index (χ0) is 33.0. The summed E-state index contributed by atoms with van der Waals surface area (Å²) in [6.07, 6.45) is 0.151. The molecule has 1 aliphatic heterocycles. The molecule has 4 rings (SSSR count). The maximum Gasteiger partial charge on any atom is 0.490 e. The Morgan fingerprint density at radius 1 is 0.978 bits per heavy atom. The number of rotatable bonds is 10. The SMILES string of the molecule is COC(=O)C(F)(F)F.COc1ccc(CCC[N+]2(CCc3ccccc3)CCCC(NC(=O)c3nc(Cl)c(N)nc3N)C2)cc1. The minimum atomic E-state index is -4.85. The van der Waals surface area contributed by atoms with E-state index in [-0.39, 0.29) is 34.4 Å². The van der Waals surface area contributed by atoms with E-state index in [0.29, 0.717) is 7.11 Å². The number of aromatic nitrogens is 2. The molecule has 0 spiro atoms. The lowest BCUT2D eigenvalue weighted by Gasteiger charge is -2.45. The molecule has 2 unspecified atom stereocenters. The third kappa shape index (κ3) is 10.8. The van der Waals surface area contributed by atoms with E-state index in [0.717, 1.165) is 68.5 Å². The molecule has 0 bridgehead atoms. The number of carbonyl (C=O) groups is 2. The van der Waals surface area contributed by atoms with Crippen molar-refractivity contribution in [2.75, 3.05) is 51.9 Å². The van der Waals surface area contributed by atoms with Crippen LogP contribution in [0.15, 0.2) is 54.6 Å². The number of nitrogen functional groups attached to an aromatic ring is 2. The van der Waals surface area contributed by atoms with Crippen LogP contribution in [0.2, 0.25) is 5.15 Å². The maximum atomic E-state index is 13.0. The molecule has 14 heteroatoms. The summed E-state index contributed by atoms with van der Waals surface area (Å²) in [4.78, 5) is 30.5. The molecule has 244 valence electrons. The number of benzene rings is 2. The van der Waals surface area contributed by atoms with Gasteiger partial charge in [0.05, 0.1) is 46.4 Å². The Labute approximate surface area is 265 Å². The number of quaternary nitrogens is 1. The Morgan fingerprint density at radius 3 is 2.24 bits per heavy atom. The van der Waals surface area contributed by atoms with E-state index >= 15 is 0 Å². The fourth-order valence-electron chi connectivity index (χ4n) is 5.36. The van der Waals surface area contributed by atoms with Crippen molar-refractivity contribution in [3.8, 4) is 5.75 Å². The van der Waals surface area contributed by atoms with Gasteiger partial charge in [0.25, 0.3) is 5.91 Å². The van der Waals surface area contributed by atoms with E-state index in [1.807, 2.05) is 18.2 Å². The first-order chi connectivity index (χ1) is 21.4. The lowest BCUT2D eigenvalue weighted by atomic mass is 9.99. The number of aryl methyl sites for hydroxylation is 1. The Balaban J connectivity index is 0.000000610. The minimum absolute atomic E-state index is 0.00976. The van der Waals surface area contributed by atoms with Crippen LogP contribution in [-0.4, -0.2) is 78.9 Å².